The Kier molecular flexibility index (Phi) is 5.47. The third-order valence-corrected chi connectivity index (χ3v) is 2.90. The van der Waals surface area contributed by atoms with Gasteiger partial charge in [-0.25, -0.2) is 0 Å². The molecule has 0 amide bonds. The molecule has 0 aliphatic rings. The molecule has 0 bridgehead atoms. The minimum Gasteiger partial charge on any atom is -0.480 e. The topological polar surface area (TPSA) is 80.5 Å². The molecule has 0 saturated carbocycles. The Morgan fingerprint density at radius 1 is 1.40 bits per heavy atom. The number of nitriles is 1. The molecule has 0 aliphatic heterocycles. The van der Waals surface area contributed by atoms with E-state index in [-0.39, 0.29) is 6.54 Å². The first kappa shape index (κ1) is 15.9. The van der Waals surface area contributed by atoms with Crippen LogP contribution in [0.4, 0.5) is 5.69 Å². The number of anilines is 1. The van der Waals surface area contributed by atoms with Crippen molar-refractivity contribution in [2.45, 2.75) is 13.8 Å². The Labute approximate surface area is 119 Å². The van der Waals surface area contributed by atoms with Crippen molar-refractivity contribution in [3.05, 3.63) is 23.0 Å². The summed E-state index contributed by atoms with van der Waals surface area (Å²) in [5.41, 5.74) is 2.48. The normalized spacial score (nSPS) is 10.4. The van der Waals surface area contributed by atoms with Crippen molar-refractivity contribution in [3.63, 3.8) is 0 Å². The third-order valence-electron chi connectivity index (χ3n) is 2.90. The Bertz CT molecular complexity index is 535. The smallest absolute Gasteiger partial charge is 0.323 e. The number of carbonyl (C=O) groups is 1. The minimum absolute atomic E-state index is 0.134. The highest BCUT2D eigenvalue weighted by Gasteiger charge is 2.17. The fourth-order valence-corrected chi connectivity index (χ4v) is 1.96. The first-order valence-corrected chi connectivity index (χ1v) is 6.35. The molecule has 1 rings (SSSR count). The van der Waals surface area contributed by atoms with Gasteiger partial charge in [-0.1, -0.05) is 0 Å². The summed E-state index contributed by atoms with van der Waals surface area (Å²) in [6.07, 6.45) is 0. The molecule has 6 heteroatoms. The van der Waals surface area contributed by atoms with Gasteiger partial charge in [-0.3, -0.25) is 9.78 Å². The molecule has 0 radical (unpaired) electrons. The van der Waals surface area contributed by atoms with Gasteiger partial charge in [0.25, 0.3) is 0 Å². The number of rotatable bonds is 6. The van der Waals surface area contributed by atoms with Gasteiger partial charge in [0.1, 0.15) is 12.6 Å². The molecule has 20 heavy (non-hydrogen) atoms. The van der Waals surface area contributed by atoms with Gasteiger partial charge in [0.05, 0.1) is 16.9 Å². The predicted molar refractivity (Wildman–Crippen MR) is 76.8 cm³/mol. The number of aromatic nitrogens is 1. The van der Waals surface area contributed by atoms with E-state index in [0.717, 1.165) is 5.69 Å². The van der Waals surface area contributed by atoms with E-state index in [0.29, 0.717) is 30.0 Å². The fourth-order valence-electron chi connectivity index (χ4n) is 1.96. The largest absolute Gasteiger partial charge is 0.480 e. The number of carboxylic acids is 1. The fraction of sp³-hybridized carbons (Fsp3) is 0.500. The summed E-state index contributed by atoms with van der Waals surface area (Å²) in [6.45, 7) is 4.71. The number of nitrogens with zero attached hydrogens (tertiary/aromatic N) is 4. The number of hydrogen-bond acceptors (Lipinski definition) is 5. The second kappa shape index (κ2) is 6.87. The van der Waals surface area contributed by atoms with E-state index >= 15 is 0 Å². The van der Waals surface area contributed by atoms with Crippen molar-refractivity contribution in [2.75, 3.05) is 38.6 Å². The van der Waals surface area contributed by atoms with Gasteiger partial charge in [0.15, 0.2) is 0 Å². The first-order chi connectivity index (χ1) is 9.35. The van der Waals surface area contributed by atoms with Gasteiger partial charge in [0.2, 0.25) is 0 Å². The molecule has 0 saturated heterocycles. The standard InChI is InChI=1S/C14H20N4O2/c1-10-7-13(12(8-15)11(2)16-10)18(9-14(19)20)6-5-17(3)4/h7H,5-6,9H2,1-4H3,(H,19,20). The Hall–Kier alpha value is -2.13. The van der Waals surface area contributed by atoms with E-state index in [4.69, 9.17) is 5.11 Å². The van der Waals surface area contributed by atoms with Crippen molar-refractivity contribution in [1.82, 2.24) is 9.88 Å². The molecule has 1 N–H and O–H groups in total. The van der Waals surface area contributed by atoms with E-state index in [2.05, 4.69) is 11.1 Å². The summed E-state index contributed by atoms with van der Waals surface area (Å²) in [5.74, 6) is -0.917. The van der Waals surface area contributed by atoms with Crippen LogP contribution in [-0.4, -0.2) is 54.7 Å². The molecular formula is C14H20N4O2. The summed E-state index contributed by atoms with van der Waals surface area (Å²) in [5, 5.41) is 18.3. The Morgan fingerprint density at radius 2 is 2.05 bits per heavy atom. The van der Waals surface area contributed by atoms with E-state index < -0.39 is 5.97 Å². The van der Waals surface area contributed by atoms with Crippen molar-refractivity contribution in [1.29, 1.82) is 5.26 Å². The van der Waals surface area contributed by atoms with E-state index in [1.54, 1.807) is 17.9 Å². The maximum absolute atomic E-state index is 11.0. The minimum atomic E-state index is -0.917. The van der Waals surface area contributed by atoms with Crippen LogP contribution in [-0.2, 0) is 4.79 Å². The van der Waals surface area contributed by atoms with Crippen molar-refractivity contribution in [2.24, 2.45) is 0 Å². The molecule has 0 fully saturated rings. The molecule has 1 aromatic heterocycles. The van der Waals surface area contributed by atoms with Gasteiger partial charge in [-0.05, 0) is 34.0 Å². The summed E-state index contributed by atoms with van der Waals surface area (Å²) >= 11 is 0. The van der Waals surface area contributed by atoms with Gasteiger partial charge in [0, 0.05) is 18.8 Å². The lowest BCUT2D eigenvalue weighted by Crippen LogP contribution is -2.36. The Morgan fingerprint density at radius 3 is 2.55 bits per heavy atom. The molecule has 1 aromatic rings. The van der Waals surface area contributed by atoms with Gasteiger partial charge in [-0.2, -0.15) is 5.26 Å². The lowest BCUT2D eigenvalue weighted by molar-refractivity contribution is -0.135. The molecule has 0 atom stereocenters. The van der Waals surface area contributed by atoms with Crippen LogP contribution in [0.5, 0.6) is 0 Å². The zero-order chi connectivity index (χ0) is 15.3. The van der Waals surface area contributed by atoms with Crippen molar-refractivity contribution >= 4 is 11.7 Å². The number of pyridine rings is 1. The molecule has 0 aromatic carbocycles. The Balaban J connectivity index is 3.18. The number of aryl methyl sites for hydroxylation is 2. The zero-order valence-electron chi connectivity index (χ0n) is 12.3. The summed E-state index contributed by atoms with van der Waals surface area (Å²) in [4.78, 5) is 19.0. The summed E-state index contributed by atoms with van der Waals surface area (Å²) < 4.78 is 0. The van der Waals surface area contributed by atoms with Crippen LogP contribution in [0.1, 0.15) is 17.0 Å². The van der Waals surface area contributed by atoms with Crippen molar-refractivity contribution in [3.8, 4) is 6.07 Å². The number of hydrogen-bond donors (Lipinski definition) is 1. The molecular weight excluding hydrogens is 256 g/mol. The maximum Gasteiger partial charge on any atom is 0.323 e. The second-order valence-corrected chi connectivity index (χ2v) is 4.97. The highest BCUT2D eigenvalue weighted by Crippen LogP contribution is 2.23. The first-order valence-electron chi connectivity index (χ1n) is 6.35. The van der Waals surface area contributed by atoms with Crippen molar-refractivity contribution < 1.29 is 9.90 Å². The second-order valence-electron chi connectivity index (χ2n) is 4.97. The van der Waals surface area contributed by atoms with E-state index in [9.17, 15) is 10.1 Å². The highest BCUT2D eigenvalue weighted by atomic mass is 16.4. The number of aliphatic carboxylic acids is 1. The predicted octanol–water partition coefficient (Wildman–Crippen LogP) is 1.02. The zero-order valence-corrected chi connectivity index (χ0v) is 12.3. The molecule has 0 spiro atoms. The summed E-state index contributed by atoms with van der Waals surface area (Å²) in [6, 6.07) is 3.89. The molecule has 108 valence electrons. The van der Waals surface area contributed by atoms with Crippen LogP contribution in [0.25, 0.3) is 0 Å². The molecule has 6 nitrogen and oxygen atoms in total. The SMILES string of the molecule is Cc1cc(N(CCN(C)C)CC(=O)O)c(C#N)c(C)n1. The molecule has 1 heterocycles. The van der Waals surface area contributed by atoms with Crippen LogP contribution in [0.15, 0.2) is 6.07 Å². The van der Waals surface area contributed by atoms with E-state index in [1.165, 1.54) is 0 Å². The van der Waals surface area contributed by atoms with Crippen LogP contribution in [0.3, 0.4) is 0 Å². The quantitative estimate of drug-likeness (QED) is 0.835. The monoisotopic (exact) mass is 276 g/mol. The average Bonchev–Trinajstić information content (AvgIpc) is 2.33. The molecule has 0 unspecified atom stereocenters. The van der Waals surface area contributed by atoms with Crippen LogP contribution in [0.2, 0.25) is 0 Å². The average molecular weight is 276 g/mol. The van der Waals surface area contributed by atoms with Gasteiger partial charge >= 0.3 is 5.97 Å². The maximum atomic E-state index is 11.0. The lowest BCUT2D eigenvalue weighted by Gasteiger charge is -2.26. The van der Waals surface area contributed by atoms with Gasteiger partial charge < -0.3 is 14.9 Å². The van der Waals surface area contributed by atoms with Crippen LogP contribution >= 0.6 is 0 Å². The van der Waals surface area contributed by atoms with E-state index in [1.807, 2.05) is 25.9 Å². The number of carboxylic acid groups (broad SMARTS) is 1. The lowest BCUT2D eigenvalue weighted by atomic mass is 10.1. The summed E-state index contributed by atoms with van der Waals surface area (Å²) in [7, 11) is 3.85. The van der Waals surface area contributed by atoms with Crippen LogP contribution in [0, 0.1) is 25.2 Å². The van der Waals surface area contributed by atoms with Crippen LogP contribution < -0.4 is 4.90 Å². The number of likely N-dealkylation sites (N-methyl/N-ethyl adjacent to an activating group) is 1. The third kappa shape index (κ3) is 4.21. The highest BCUT2D eigenvalue weighted by molar-refractivity contribution is 5.75. The molecule has 0 aliphatic carbocycles. The van der Waals surface area contributed by atoms with Gasteiger partial charge in [-0.15, -0.1) is 0 Å².